The van der Waals surface area contributed by atoms with Crippen molar-refractivity contribution in [3.8, 4) is 34.0 Å². The first-order valence-corrected chi connectivity index (χ1v) is 24.4. The highest BCUT2D eigenvalue weighted by atomic mass is 16.5. The van der Waals surface area contributed by atoms with Crippen molar-refractivity contribution in [3.63, 3.8) is 0 Å². The molecular weight excluding hydrogens is 721 g/mol. The molecule has 2 fully saturated rings. The number of ether oxygens (including phenoxy) is 2. The summed E-state index contributed by atoms with van der Waals surface area (Å²) in [6.45, 7) is 10.6. The number of rotatable bonds is 23. The Kier molecular flexibility index (Phi) is 21.4. The first kappa shape index (κ1) is 46.4. The standard InChI is InChI=1S/C28H41NO.C27H39NO/c1-3-5-7-21-30-27-18-16-26(17-19-27)28-20-15-25(22-29-28)14-13-24-11-9-23(10-12-24)8-6-4-2;1-3-5-7-22-8-10-23(11-9-22)12-13-24-14-19-27(28-21-24)25-15-17-26(18-16-25)29-20-6-4-2/h15-20,22-24H,3-14,21H2,1-2H3;14-19,21-23H,3-13,20H2,1-2H3. The number of unbranched alkanes of at least 4 members (excludes halogenated alkanes) is 5. The number of hydrogen-bond donors (Lipinski definition) is 0. The first-order chi connectivity index (χ1) is 29.1. The molecule has 59 heavy (non-hydrogen) atoms. The molecule has 2 saturated carbocycles. The summed E-state index contributed by atoms with van der Waals surface area (Å²) in [5.74, 6) is 5.77. The Balaban J connectivity index is 0.000000224. The highest BCUT2D eigenvalue weighted by molar-refractivity contribution is 5.61. The average molecular weight is 801 g/mol. The van der Waals surface area contributed by atoms with Gasteiger partial charge in [-0.2, -0.15) is 0 Å². The van der Waals surface area contributed by atoms with Crippen LogP contribution >= 0.6 is 0 Å². The van der Waals surface area contributed by atoms with Crippen molar-refractivity contribution in [2.75, 3.05) is 13.2 Å². The van der Waals surface area contributed by atoms with Crippen LogP contribution in [0.5, 0.6) is 11.5 Å². The maximum Gasteiger partial charge on any atom is 0.119 e. The summed E-state index contributed by atoms with van der Waals surface area (Å²) >= 11 is 0. The molecule has 0 spiro atoms. The summed E-state index contributed by atoms with van der Waals surface area (Å²) < 4.78 is 11.6. The van der Waals surface area contributed by atoms with Gasteiger partial charge in [-0.15, -0.1) is 0 Å². The maximum atomic E-state index is 5.81. The van der Waals surface area contributed by atoms with E-state index < -0.39 is 0 Å². The van der Waals surface area contributed by atoms with E-state index in [4.69, 9.17) is 19.4 Å². The van der Waals surface area contributed by atoms with Crippen LogP contribution in [0, 0.1) is 23.7 Å². The average Bonchev–Trinajstić information content (AvgIpc) is 3.29. The van der Waals surface area contributed by atoms with Crippen LogP contribution in [-0.4, -0.2) is 23.2 Å². The summed E-state index contributed by atoms with van der Waals surface area (Å²) in [5.41, 5.74) is 7.17. The maximum absolute atomic E-state index is 5.81. The van der Waals surface area contributed by atoms with Gasteiger partial charge >= 0.3 is 0 Å². The fraction of sp³-hybridized carbons (Fsp3) is 0.600. The normalized spacial score (nSPS) is 19.1. The smallest absolute Gasteiger partial charge is 0.119 e. The molecule has 0 aliphatic heterocycles. The largest absolute Gasteiger partial charge is 0.494 e. The molecular formula is C55H80N2O2. The lowest BCUT2D eigenvalue weighted by molar-refractivity contribution is 0.250. The first-order valence-electron chi connectivity index (χ1n) is 24.4. The molecule has 322 valence electrons. The molecule has 0 saturated heterocycles. The Labute approximate surface area is 360 Å². The number of benzene rings is 2. The molecule has 2 aromatic carbocycles. The van der Waals surface area contributed by atoms with E-state index in [1.807, 2.05) is 0 Å². The van der Waals surface area contributed by atoms with Gasteiger partial charge in [0.1, 0.15) is 11.5 Å². The lowest BCUT2D eigenvalue weighted by Gasteiger charge is -2.28. The van der Waals surface area contributed by atoms with Gasteiger partial charge < -0.3 is 9.47 Å². The quantitative estimate of drug-likeness (QED) is 0.0701. The van der Waals surface area contributed by atoms with E-state index in [-0.39, 0.29) is 0 Å². The summed E-state index contributed by atoms with van der Waals surface area (Å²) in [4.78, 5) is 9.46. The fourth-order valence-corrected chi connectivity index (χ4v) is 9.15. The van der Waals surface area contributed by atoms with Gasteiger partial charge in [-0.25, -0.2) is 0 Å². The van der Waals surface area contributed by atoms with E-state index in [1.54, 1.807) is 0 Å². The highest BCUT2D eigenvalue weighted by Crippen LogP contribution is 2.35. The summed E-state index contributed by atoms with van der Waals surface area (Å²) in [6.07, 6.45) is 35.0. The van der Waals surface area contributed by atoms with Crippen molar-refractivity contribution in [1.29, 1.82) is 0 Å². The zero-order chi connectivity index (χ0) is 41.3. The second-order valence-electron chi connectivity index (χ2n) is 18.0. The zero-order valence-electron chi connectivity index (χ0n) is 37.8. The van der Waals surface area contributed by atoms with Crippen LogP contribution in [0.25, 0.3) is 22.5 Å². The van der Waals surface area contributed by atoms with Crippen LogP contribution < -0.4 is 9.47 Å². The van der Waals surface area contributed by atoms with Gasteiger partial charge in [-0.1, -0.05) is 149 Å². The minimum absolute atomic E-state index is 0.795. The van der Waals surface area contributed by atoms with Gasteiger partial charge in [0.25, 0.3) is 0 Å². The van der Waals surface area contributed by atoms with Crippen LogP contribution in [0.3, 0.4) is 0 Å². The molecule has 4 heteroatoms. The lowest BCUT2D eigenvalue weighted by Crippen LogP contribution is -2.15. The van der Waals surface area contributed by atoms with Crippen molar-refractivity contribution >= 4 is 0 Å². The molecule has 0 radical (unpaired) electrons. The Hall–Kier alpha value is -3.66. The van der Waals surface area contributed by atoms with Crippen molar-refractivity contribution < 1.29 is 9.47 Å². The number of aryl methyl sites for hydroxylation is 2. The topological polar surface area (TPSA) is 44.2 Å². The van der Waals surface area contributed by atoms with E-state index in [2.05, 4.69) is 113 Å². The van der Waals surface area contributed by atoms with Crippen LogP contribution in [0.2, 0.25) is 0 Å². The SMILES string of the molecule is CCCCCOc1ccc(-c2ccc(CCC3CCC(CCCC)CC3)cn2)cc1.CCCCOc1ccc(-c2ccc(CCC3CCC(CCCC)CC3)cn2)cc1. The second-order valence-corrected chi connectivity index (χ2v) is 18.0. The third kappa shape index (κ3) is 17.1. The van der Waals surface area contributed by atoms with Gasteiger partial charge in [-0.05, 0) is 134 Å². The minimum atomic E-state index is 0.795. The van der Waals surface area contributed by atoms with Crippen molar-refractivity contribution in [1.82, 2.24) is 9.97 Å². The van der Waals surface area contributed by atoms with Gasteiger partial charge in [0.2, 0.25) is 0 Å². The van der Waals surface area contributed by atoms with Gasteiger partial charge in [-0.3, -0.25) is 9.97 Å². The molecule has 2 aliphatic rings. The molecule has 2 aromatic heterocycles. The van der Waals surface area contributed by atoms with Crippen LogP contribution in [-0.2, 0) is 12.8 Å². The molecule has 2 heterocycles. The Morgan fingerprint density at radius 1 is 0.407 bits per heavy atom. The van der Waals surface area contributed by atoms with E-state index in [0.717, 1.165) is 90.2 Å². The van der Waals surface area contributed by atoms with E-state index in [9.17, 15) is 0 Å². The molecule has 0 amide bonds. The predicted octanol–water partition coefficient (Wildman–Crippen LogP) is 16.1. The van der Waals surface area contributed by atoms with Gasteiger partial charge in [0.15, 0.2) is 0 Å². The number of pyridine rings is 2. The lowest BCUT2D eigenvalue weighted by atomic mass is 9.78. The van der Waals surface area contributed by atoms with E-state index in [0.29, 0.717) is 0 Å². The molecule has 0 bridgehead atoms. The Morgan fingerprint density at radius 3 is 1.14 bits per heavy atom. The molecule has 6 rings (SSSR count). The van der Waals surface area contributed by atoms with E-state index >= 15 is 0 Å². The molecule has 4 aromatic rings. The fourth-order valence-electron chi connectivity index (χ4n) is 9.15. The number of aromatic nitrogens is 2. The molecule has 0 atom stereocenters. The predicted molar refractivity (Wildman–Crippen MR) is 251 cm³/mol. The van der Waals surface area contributed by atoms with Crippen molar-refractivity contribution in [2.24, 2.45) is 23.7 Å². The van der Waals surface area contributed by atoms with E-state index in [1.165, 1.54) is 140 Å². The second kappa shape index (κ2) is 27.2. The van der Waals surface area contributed by atoms with Crippen molar-refractivity contribution in [2.45, 2.75) is 175 Å². The summed E-state index contributed by atoms with van der Waals surface area (Å²) in [6, 6.07) is 25.6. The third-order valence-electron chi connectivity index (χ3n) is 13.3. The molecule has 0 unspecified atom stereocenters. The van der Waals surface area contributed by atoms with Gasteiger partial charge in [0, 0.05) is 23.5 Å². The number of hydrogen-bond acceptors (Lipinski definition) is 4. The Morgan fingerprint density at radius 2 is 0.780 bits per heavy atom. The Bertz CT molecular complexity index is 1630. The van der Waals surface area contributed by atoms with Gasteiger partial charge in [0.05, 0.1) is 24.6 Å². The molecule has 4 nitrogen and oxygen atoms in total. The number of nitrogens with zero attached hydrogens (tertiary/aromatic N) is 2. The highest BCUT2D eigenvalue weighted by Gasteiger charge is 2.22. The van der Waals surface area contributed by atoms with Crippen LogP contribution in [0.4, 0.5) is 0 Å². The zero-order valence-corrected chi connectivity index (χ0v) is 37.8. The molecule has 0 N–H and O–H groups in total. The minimum Gasteiger partial charge on any atom is -0.494 e. The summed E-state index contributed by atoms with van der Waals surface area (Å²) in [7, 11) is 0. The monoisotopic (exact) mass is 801 g/mol. The third-order valence-corrected chi connectivity index (χ3v) is 13.3. The van der Waals surface area contributed by atoms with Crippen LogP contribution in [0.1, 0.15) is 174 Å². The van der Waals surface area contributed by atoms with Crippen molar-refractivity contribution in [3.05, 3.63) is 96.3 Å². The molecule has 2 aliphatic carbocycles. The summed E-state index contributed by atoms with van der Waals surface area (Å²) in [5, 5.41) is 0. The van der Waals surface area contributed by atoms with Crippen LogP contribution in [0.15, 0.2) is 85.2 Å².